The number of nitrogens with zero attached hydrogens (tertiary/aromatic N) is 1. The maximum Gasteiger partial charge on any atom is 0.145 e. The van der Waals surface area contributed by atoms with Crippen LogP contribution in [0.5, 0.6) is 0 Å². The molecule has 2 N–H and O–H groups in total. The highest BCUT2D eigenvalue weighted by Crippen LogP contribution is 2.23. The zero-order valence-electron chi connectivity index (χ0n) is 8.67. The predicted octanol–water partition coefficient (Wildman–Crippen LogP) is 2.82. The van der Waals surface area contributed by atoms with Gasteiger partial charge in [0.05, 0.1) is 22.7 Å². The van der Waals surface area contributed by atoms with E-state index in [4.69, 9.17) is 28.3 Å². The van der Waals surface area contributed by atoms with Gasteiger partial charge in [0.2, 0.25) is 0 Å². The van der Waals surface area contributed by atoms with E-state index in [2.05, 4.69) is 10.3 Å². The number of aromatic nitrogens is 1. The van der Waals surface area contributed by atoms with E-state index >= 15 is 0 Å². The molecule has 0 aliphatic carbocycles. The lowest BCUT2D eigenvalue weighted by Gasteiger charge is -2.20. The van der Waals surface area contributed by atoms with Crippen LogP contribution < -0.4 is 5.32 Å². The first-order chi connectivity index (χ1) is 7.04. The molecule has 0 aliphatic rings. The number of hydrogen-bond acceptors (Lipinski definition) is 3. The summed E-state index contributed by atoms with van der Waals surface area (Å²) < 4.78 is 0. The largest absolute Gasteiger partial charge is 0.394 e. The molecule has 0 unspecified atom stereocenters. The fraction of sp³-hybridized carbons (Fsp3) is 0.500. The van der Waals surface area contributed by atoms with Crippen molar-refractivity contribution in [2.24, 2.45) is 5.92 Å². The second-order valence-corrected chi connectivity index (χ2v) is 4.51. The molecule has 1 heterocycles. The third-order valence-corrected chi connectivity index (χ3v) is 2.63. The Labute approximate surface area is 99.4 Å². The van der Waals surface area contributed by atoms with E-state index in [0.717, 1.165) is 0 Å². The molecule has 0 spiro atoms. The van der Waals surface area contributed by atoms with Crippen LogP contribution in [-0.4, -0.2) is 22.7 Å². The molecule has 3 nitrogen and oxygen atoms in total. The number of hydrogen-bond donors (Lipinski definition) is 2. The van der Waals surface area contributed by atoms with Gasteiger partial charge in [-0.15, -0.1) is 0 Å². The van der Waals surface area contributed by atoms with Crippen molar-refractivity contribution in [1.29, 1.82) is 0 Å². The monoisotopic (exact) mass is 248 g/mol. The van der Waals surface area contributed by atoms with Gasteiger partial charge in [-0.3, -0.25) is 0 Å². The number of pyridine rings is 1. The van der Waals surface area contributed by atoms with Gasteiger partial charge in [0, 0.05) is 6.20 Å². The maximum atomic E-state index is 9.14. The van der Waals surface area contributed by atoms with Crippen molar-refractivity contribution in [3.63, 3.8) is 0 Å². The molecule has 1 aromatic rings. The number of aliphatic hydroxyl groups is 1. The summed E-state index contributed by atoms with van der Waals surface area (Å²) in [6.45, 7) is 4.06. The Hall–Kier alpha value is -0.510. The molecule has 0 aliphatic heterocycles. The molecule has 84 valence electrons. The van der Waals surface area contributed by atoms with Gasteiger partial charge in [0.15, 0.2) is 0 Å². The first-order valence-electron chi connectivity index (χ1n) is 4.73. The highest BCUT2D eigenvalue weighted by atomic mass is 35.5. The molecule has 0 amide bonds. The Morgan fingerprint density at radius 2 is 2.13 bits per heavy atom. The topological polar surface area (TPSA) is 45.1 Å². The Bertz CT molecular complexity index is 331. The fourth-order valence-corrected chi connectivity index (χ4v) is 1.55. The first kappa shape index (κ1) is 12.6. The van der Waals surface area contributed by atoms with Crippen LogP contribution in [0, 0.1) is 5.92 Å². The van der Waals surface area contributed by atoms with Crippen molar-refractivity contribution >= 4 is 29.0 Å². The number of anilines is 1. The fourth-order valence-electron chi connectivity index (χ4n) is 1.12. The molecular weight excluding hydrogens is 235 g/mol. The summed E-state index contributed by atoms with van der Waals surface area (Å²) in [4.78, 5) is 4.06. The van der Waals surface area contributed by atoms with Crippen molar-refractivity contribution in [2.75, 3.05) is 11.9 Å². The lowest BCUT2D eigenvalue weighted by molar-refractivity contribution is 0.249. The standard InChI is InChI=1S/C10H14Cl2N2O/c1-6(2)9(5-15)14-10-8(12)3-7(11)4-13-10/h3-4,6,9,15H,5H2,1-2H3,(H,13,14)/t9-/m1/s1. The molecule has 0 saturated heterocycles. The first-order valence-corrected chi connectivity index (χ1v) is 5.48. The van der Waals surface area contributed by atoms with Crippen LogP contribution in [0.1, 0.15) is 13.8 Å². The minimum Gasteiger partial charge on any atom is -0.394 e. The quantitative estimate of drug-likeness (QED) is 0.862. The summed E-state index contributed by atoms with van der Waals surface area (Å²) in [6.07, 6.45) is 1.52. The Kier molecular flexibility index (Phi) is 4.64. The third kappa shape index (κ3) is 3.52. The van der Waals surface area contributed by atoms with Crippen molar-refractivity contribution in [3.8, 4) is 0 Å². The SMILES string of the molecule is CC(C)[C@@H](CO)Nc1ncc(Cl)cc1Cl. The van der Waals surface area contributed by atoms with Gasteiger partial charge >= 0.3 is 0 Å². The van der Waals surface area contributed by atoms with E-state index in [0.29, 0.717) is 21.8 Å². The smallest absolute Gasteiger partial charge is 0.145 e. The normalized spacial score (nSPS) is 12.9. The molecule has 15 heavy (non-hydrogen) atoms. The van der Waals surface area contributed by atoms with E-state index in [1.807, 2.05) is 13.8 Å². The van der Waals surface area contributed by atoms with Gasteiger partial charge in [-0.2, -0.15) is 0 Å². The average Bonchev–Trinajstić information content (AvgIpc) is 2.16. The number of halogens is 2. The van der Waals surface area contributed by atoms with Gasteiger partial charge in [-0.05, 0) is 12.0 Å². The van der Waals surface area contributed by atoms with Gasteiger partial charge in [0.25, 0.3) is 0 Å². The van der Waals surface area contributed by atoms with Crippen molar-refractivity contribution in [3.05, 3.63) is 22.3 Å². The van der Waals surface area contributed by atoms with Crippen LogP contribution in [0.4, 0.5) is 5.82 Å². The molecule has 0 fully saturated rings. The molecule has 1 rings (SSSR count). The van der Waals surface area contributed by atoms with Crippen LogP contribution >= 0.6 is 23.2 Å². The number of rotatable bonds is 4. The molecule has 5 heteroatoms. The van der Waals surface area contributed by atoms with Gasteiger partial charge in [-0.25, -0.2) is 4.98 Å². The van der Waals surface area contributed by atoms with Crippen molar-refractivity contribution < 1.29 is 5.11 Å². The lowest BCUT2D eigenvalue weighted by Crippen LogP contribution is -2.29. The molecule has 0 radical (unpaired) electrons. The van der Waals surface area contributed by atoms with Gasteiger partial charge < -0.3 is 10.4 Å². The molecule has 1 atom stereocenters. The second kappa shape index (κ2) is 5.54. The van der Waals surface area contributed by atoms with Crippen LogP contribution in [0.25, 0.3) is 0 Å². The average molecular weight is 249 g/mol. The summed E-state index contributed by atoms with van der Waals surface area (Å²) in [5.41, 5.74) is 0. The second-order valence-electron chi connectivity index (χ2n) is 3.66. The zero-order valence-corrected chi connectivity index (χ0v) is 10.2. The maximum absolute atomic E-state index is 9.14. The summed E-state index contributed by atoms with van der Waals surface area (Å²) in [6, 6.07) is 1.56. The minimum atomic E-state index is -0.0591. The summed E-state index contributed by atoms with van der Waals surface area (Å²) >= 11 is 11.7. The number of aliphatic hydroxyl groups excluding tert-OH is 1. The van der Waals surface area contributed by atoms with Crippen molar-refractivity contribution in [2.45, 2.75) is 19.9 Å². The number of nitrogens with one attached hydrogen (secondary N) is 1. The highest BCUT2D eigenvalue weighted by molar-refractivity contribution is 6.35. The Morgan fingerprint density at radius 1 is 1.47 bits per heavy atom. The van der Waals surface area contributed by atoms with Crippen LogP contribution in [0.3, 0.4) is 0 Å². The van der Waals surface area contributed by atoms with Gasteiger partial charge in [-0.1, -0.05) is 37.0 Å². The van der Waals surface area contributed by atoms with Crippen LogP contribution in [-0.2, 0) is 0 Å². The van der Waals surface area contributed by atoms with Crippen LogP contribution in [0.15, 0.2) is 12.3 Å². The van der Waals surface area contributed by atoms with E-state index in [-0.39, 0.29) is 12.6 Å². The minimum absolute atomic E-state index is 0.0400. The summed E-state index contributed by atoms with van der Waals surface area (Å²) in [5.74, 6) is 0.845. The summed E-state index contributed by atoms with van der Waals surface area (Å²) in [5, 5.41) is 13.2. The van der Waals surface area contributed by atoms with Gasteiger partial charge in [0.1, 0.15) is 5.82 Å². The third-order valence-electron chi connectivity index (χ3n) is 2.13. The lowest BCUT2D eigenvalue weighted by atomic mass is 10.1. The molecule has 0 bridgehead atoms. The molecule has 0 saturated carbocycles. The molecular formula is C10H14Cl2N2O. The van der Waals surface area contributed by atoms with E-state index in [1.165, 1.54) is 6.20 Å². The molecule has 0 aromatic carbocycles. The van der Waals surface area contributed by atoms with E-state index in [9.17, 15) is 0 Å². The zero-order chi connectivity index (χ0) is 11.4. The Balaban J connectivity index is 2.79. The Morgan fingerprint density at radius 3 is 2.60 bits per heavy atom. The van der Waals surface area contributed by atoms with E-state index < -0.39 is 0 Å². The highest BCUT2D eigenvalue weighted by Gasteiger charge is 2.14. The predicted molar refractivity (Wildman–Crippen MR) is 63.6 cm³/mol. The van der Waals surface area contributed by atoms with Crippen molar-refractivity contribution in [1.82, 2.24) is 4.98 Å². The molecule has 1 aromatic heterocycles. The summed E-state index contributed by atoms with van der Waals surface area (Å²) in [7, 11) is 0. The van der Waals surface area contributed by atoms with Crippen LogP contribution in [0.2, 0.25) is 10.0 Å². The van der Waals surface area contributed by atoms with E-state index in [1.54, 1.807) is 6.07 Å².